The number of benzene rings is 2. The Morgan fingerprint density at radius 1 is 1.19 bits per heavy atom. The Kier molecular flexibility index (Phi) is 4.08. The minimum absolute atomic E-state index is 0.250. The van der Waals surface area contributed by atoms with Crippen LogP contribution in [0.1, 0.15) is 5.56 Å². The topological polar surface area (TPSA) is 24.9 Å². The first kappa shape index (κ1) is 14.3. The van der Waals surface area contributed by atoms with Gasteiger partial charge in [-0.15, -0.1) is 0 Å². The van der Waals surface area contributed by atoms with Crippen LogP contribution in [0.3, 0.4) is 0 Å². The minimum Gasteiger partial charge on any atom is -0.379 e. The zero-order chi connectivity index (χ0) is 14.8. The molecule has 0 unspecified atom stereocenters. The van der Waals surface area contributed by atoms with Gasteiger partial charge in [-0.25, -0.2) is 4.39 Å². The first-order chi connectivity index (χ1) is 10.1. The Morgan fingerprint density at radius 3 is 2.86 bits per heavy atom. The standard InChI is InChI=1S/C16H11BrClFN2/c17-11-5-6-14(19)10(7-11)8-21-16-12-3-1-2-4-15(12)20-9-13(16)18/h1-7,9H,8H2,(H,20,21). The van der Waals surface area contributed by atoms with Gasteiger partial charge in [0, 0.05) is 28.2 Å². The number of hydrogen-bond acceptors (Lipinski definition) is 2. The van der Waals surface area contributed by atoms with Crippen molar-refractivity contribution in [2.75, 3.05) is 5.32 Å². The van der Waals surface area contributed by atoms with Gasteiger partial charge >= 0.3 is 0 Å². The van der Waals surface area contributed by atoms with E-state index in [9.17, 15) is 4.39 Å². The second-order valence-electron chi connectivity index (χ2n) is 4.59. The van der Waals surface area contributed by atoms with Gasteiger partial charge in [0.25, 0.3) is 0 Å². The Hall–Kier alpha value is -1.65. The number of nitrogens with zero attached hydrogens (tertiary/aromatic N) is 1. The van der Waals surface area contributed by atoms with E-state index in [0.717, 1.165) is 21.1 Å². The summed E-state index contributed by atoms with van der Waals surface area (Å²) in [4.78, 5) is 4.27. The molecule has 0 amide bonds. The van der Waals surface area contributed by atoms with Gasteiger partial charge in [0.15, 0.2) is 0 Å². The highest BCUT2D eigenvalue weighted by Gasteiger charge is 2.08. The zero-order valence-electron chi connectivity index (χ0n) is 10.9. The Bertz CT molecular complexity index is 807. The molecule has 0 radical (unpaired) electrons. The zero-order valence-corrected chi connectivity index (χ0v) is 13.2. The number of pyridine rings is 1. The normalized spacial score (nSPS) is 10.8. The maximum absolute atomic E-state index is 13.8. The van der Waals surface area contributed by atoms with Gasteiger partial charge in [0.2, 0.25) is 0 Å². The van der Waals surface area contributed by atoms with Crippen LogP contribution in [0.2, 0.25) is 5.02 Å². The lowest BCUT2D eigenvalue weighted by Gasteiger charge is -2.12. The molecule has 3 aromatic rings. The highest BCUT2D eigenvalue weighted by atomic mass is 79.9. The minimum atomic E-state index is -0.250. The molecule has 0 bridgehead atoms. The van der Waals surface area contributed by atoms with E-state index >= 15 is 0 Å². The quantitative estimate of drug-likeness (QED) is 0.672. The second kappa shape index (κ2) is 6.00. The van der Waals surface area contributed by atoms with E-state index in [2.05, 4.69) is 26.2 Å². The molecule has 2 nitrogen and oxygen atoms in total. The van der Waals surface area contributed by atoms with E-state index in [4.69, 9.17) is 11.6 Å². The number of nitrogens with one attached hydrogen (secondary N) is 1. The molecule has 21 heavy (non-hydrogen) atoms. The number of aromatic nitrogens is 1. The molecule has 0 fully saturated rings. The monoisotopic (exact) mass is 364 g/mol. The summed E-state index contributed by atoms with van der Waals surface area (Å²) in [6.07, 6.45) is 1.60. The van der Waals surface area contributed by atoms with Crippen LogP contribution in [0.15, 0.2) is 53.1 Å². The molecule has 0 saturated carbocycles. The Morgan fingerprint density at radius 2 is 2.00 bits per heavy atom. The molecule has 2 aromatic carbocycles. The van der Waals surface area contributed by atoms with Gasteiger partial charge in [-0.05, 0) is 24.3 Å². The van der Waals surface area contributed by atoms with Crippen LogP contribution in [0.4, 0.5) is 10.1 Å². The van der Waals surface area contributed by atoms with Gasteiger partial charge in [-0.2, -0.15) is 0 Å². The average Bonchev–Trinajstić information content (AvgIpc) is 2.49. The molecule has 5 heteroatoms. The fourth-order valence-electron chi connectivity index (χ4n) is 2.16. The van der Waals surface area contributed by atoms with Crippen LogP contribution in [-0.2, 0) is 6.54 Å². The summed E-state index contributed by atoms with van der Waals surface area (Å²) in [5, 5.41) is 4.64. The molecular formula is C16H11BrClFN2. The summed E-state index contributed by atoms with van der Waals surface area (Å²) in [7, 11) is 0. The van der Waals surface area contributed by atoms with E-state index in [0.29, 0.717) is 17.1 Å². The highest BCUT2D eigenvalue weighted by Crippen LogP contribution is 2.30. The number of fused-ring (bicyclic) bond motifs is 1. The summed E-state index contributed by atoms with van der Waals surface area (Å²) in [6.45, 7) is 0.346. The van der Waals surface area contributed by atoms with E-state index < -0.39 is 0 Å². The number of anilines is 1. The van der Waals surface area contributed by atoms with Crippen molar-refractivity contribution in [2.45, 2.75) is 6.54 Å². The van der Waals surface area contributed by atoms with Gasteiger partial charge in [0.05, 0.1) is 16.2 Å². The first-order valence-corrected chi connectivity index (χ1v) is 7.53. The first-order valence-electron chi connectivity index (χ1n) is 6.36. The van der Waals surface area contributed by atoms with Crippen LogP contribution in [0.25, 0.3) is 10.9 Å². The lowest BCUT2D eigenvalue weighted by Crippen LogP contribution is -2.03. The van der Waals surface area contributed by atoms with Crippen molar-refractivity contribution in [3.63, 3.8) is 0 Å². The number of para-hydroxylation sites is 1. The third-order valence-corrected chi connectivity index (χ3v) is 3.97. The fraction of sp³-hybridized carbons (Fsp3) is 0.0625. The van der Waals surface area contributed by atoms with Gasteiger partial charge < -0.3 is 5.32 Å². The van der Waals surface area contributed by atoms with Crippen LogP contribution < -0.4 is 5.32 Å². The molecule has 0 aliphatic heterocycles. The fourth-order valence-corrected chi connectivity index (χ4v) is 2.79. The molecule has 0 atom stereocenters. The van der Waals surface area contributed by atoms with Crippen molar-refractivity contribution < 1.29 is 4.39 Å². The maximum atomic E-state index is 13.8. The molecule has 0 aliphatic carbocycles. The summed E-state index contributed by atoms with van der Waals surface area (Å²) >= 11 is 9.56. The van der Waals surface area contributed by atoms with Crippen LogP contribution in [0.5, 0.6) is 0 Å². The second-order valence-corrected chi connectivity index (χ2v) is 5.91. The van der Waals surface area contributed by atoms with E-state index in [1.54, 1.807) is 18.3 Å². The molecule has 0 spiro atoms. The van der Waals surface area contributed by atoms with Crippen molar-refractivity contribution in [2.24, 2.45) is 0 Å². The molecule has 1 N–H and O–H groups in total. The van der Waals surface area contributed by atoms with E-state index in [1.807, 2.05) is 24.3 Å². The van der Waals surface area contributed by atoms with Gasteiger partial charge in [0.1, 0.15) is 5.82 Å². The summed E-state index contributed by atoms with van der Waals surface area (Å²) in [5.74, 6) is -0.250. The summed E-state index contributed by atoms with van der Waals surface area (Å²) in [5.41, 5.74) is 2.18. The third-order valence-electron chi connectivity index (χ3n) is 3.19. The Balaban J connectivity index is 1.95. The third kappa shape index (κ3) is 3.01. The van der Waals surface area contributed by atoms with Gasteiger partial charge in [-0.3, -0.25) is 4.98 Å². The van der Waals surface area contributed by atoms with Crippen molar-refractivity contribution in [3.8, 4) is 0 Å². The average molecular weight is 366 g/mol. The van der Waals surface area contributed by atoms with Crippen molar-refractivity contribution in [1.29, 1.82) is 0 Å². The maximum Gasteiger partial charge on any atom is 0.128 e. The van der Waals surface area contributed by atoms with Crippen molar-refractivity contribution in [3.05, 3.63) is 69.5 Å². The van der Waals surface area contributed by atoms with Gasteiger partial charge in [-0.1, -0.05) is 45.7 Å². The molecule has 1 heterocycles. The molecule has 106 valence electrons. The van der Waals surface area contributed by atoms with E-state index in [1.165, 1.54) is 6.07 Å². The largest absolute Gasteiger partial charge is 0.379 e. The molecule has 3 rings (SSSR count). The van der Waals surface area contributed by atoms with E-state index in [-0.39, 0.29) is 5.82 Å². The summed E-state index contributed by atoms with van der Waals surface area (Å²) < 4.78 is 14.6. The lowest BCUT2D eigenvalue weighted by atomic mass is 10.1. The predicted octanol–water partition coefficient (Wildman–Crippen LogP) is 5.40. The molecule has 0 saturated heterocycles. The highest BCUT2D eigenvalue weighted by molar-refractivity contribution is 9.10. The smallest absolute Gasteiger partial charge is 0.128 e. The molecule has 0 aliphatic rings. The van der Waals surface area contributed by atoms with Crippen molar-refractivity contribution in [1.82, 2.24) is 4.98 Å². The SMILES string of the molecule is Fc1ccc(Br)cc1CNc1c(Cl)cnc2ccccc12. The van der Waals surface area contributed by atoms with Crippen LogP contribution >= 0.6 is 27.5 Å². The van der Waals surface area contributed by atoms with Crippen LogP contribution in [-0.4, -0.2) is 4.98 Å². The van der Waals surface area contributed by atoms with Crippen LogP contribution in [0, 0.1) is 5.82 Å². The molecule has 1 aromatic heterocycles. The van der Waals surface area contributed by atoms with Crippen molar-refractivity contribution >= 4 is 44.1 Å². The Labute approximate surface area is 135 Å². The summed E-state index contributed by atoms with van der Waals surface area (Å²) in [6, 6.07) is 12.6. The number of hydrogen-bond donors (Lipinski definition) is 1. The predicted molar refractivity (Wildman–Crippen MR) is 88.2 cm³/mol. The lowest BCUT2D eigenvalue weighted by molar-refractivity contribution is 0.612. The molecular weight excluding hydrogens is 355 g/mol. The number of halogens is 3. The number of rotatable bonds is 3.